The van der Waals surface area contributed by atoms with Gasteiger partial charge in [0.05, 0.1) is 31.3 Å². The molecule has 0 bridgehead atoms. The first-order chi connectivity index (χ1) is 16.0. The molecular weight excluding hydrogens is 434 g/mol. The van der Waals surface area contributed by atoms with E-state index in [2.05, 4.69) is 15.3 Å². The van der Waals surface area contributed by atoms with Gasteiger partial charge in [-0.15, -0.1) is 0 Å². The van der Waals surface area contributed by atoms with Crippen molar-refractivity contribution in [1.82, 2.24) is 14.5 Å². The van der Waals surface area contributed by atoms with Crippen LogP contribution in [-0.4, -0.2) is 39.8 Å². The standard InChI is InChI=1S/C23H18F2N4O4/c24-14-3-1-13(2-4-14)21-22(29(12-27-21)17-11-32-10-16(17)25)18-5-6-19(33-18)23(31)28-15-7-8-26-20(30)9-15/h1-9,12,16-17H,10-11H2,(H2,26,28,30,31)/t16-,17?/m0/s1. The third-order valence-electron chi connectivity index (χ3n) is 5.35. The molecule has 1 saturated heterocycles. The van der Waals surface area contributed by atoms with Gasteiger partial charge in [0.1, 0.15) is 17.7 Å². The van der Waals surface area contributed by atoms with Crippen LogP contribution in [0.15, 0.2) is 70.3 Å². The molecule has 5 rings (SSSR count). The van der Waals surface area contributed by atoms with Crippen LogP contribution in [0.3, 0.4) is 0 Å². The van der Waals surface area contributed by atoms with E-state index in [0.717, 1.165) is 0 Å². The van der Waals surface area contributed by atoms with Crippen molar-refractivity contribution in [3.8, 4) is 22.7 Å². The van der Waals surface area contributed by atoms with E-state index in [4.69, 9.17) is 9.15 Å². The number of rotatable bonds is 5. The summed E-state index contributed by atoms with van der Waals surface area (Å²) in [6, 6.07) is 10.9. The number of hydrogen-bond donors (Lipinski definition) is 2. The summed E-state index contributed by atoms with van der Waals surface area (Å²) < 4.78 is 40.6. The zero-order chi connectivity index (χ0) is 22.9. The number of ether oxygens (including phenoxy) is 1. The van der Waals surface area contributed by atoms with Crippen LogP contribution >= 0.6 is 0 Å². The number of benzene rings is 1. The quantitative estimate of drug-likeness (QED) is 0.480. The number of H-pyrrole nitrogens is 1. The molecule has 2 N–H and O–H groups in total. The van der Waals surface area contributed by atoms with E-state index in [0.29, 0.717) is 22.6 Å². The number of nitrogens with zero attached hydrogens (tertiary/aromatic N) is 2. The van der Waals surface area contributed by atoms with E-state index in [1.165, 1.54) is 42.9 Å². The van der Waals surface area contributed by atoms with Gasteiger partial charge in [-0.2, -0.15) is 0 Å². The van der Waals surface area contributed by atoms with Gasteiger partial charge in [0.2, 0.25) is 5.56 Å². The van der Waals surface area contributed by atoms with Gasteiger partial charge in [0, 0.05) is 23.5 Å². The normalized spacial score (nSPS) is 17.9. The molecule has 10 heteroatoms. The number of aromatic amines is 1. The van der Waals surface area contributed by atoms with Crippen LogP contribution in [0.25, 0.3) is 22.7 Å². The second-order valence-corrected chi connectivity index (χ2v) is 7.54. The molecule has 1 aromatic carbocycles. The first-order valence-electron chi connectivity index (χ1n) is 10.1. The lowest BCUT2D eigenvalue weighted by Crippen LogP contribution is -2.18. The van der Waals surface area contributed by atoms with Crippen molar-refractivity contribution < 1.29 is 22.7 Å². The topological polar surface area (TPSA) is 102 Å². The van der Waals surface area contributed by atoms with E-state index in [1.807, 2.05) is 0 Å². The number of halogens is 2. The molecule has 3 aromatic heterocycles. The Morgan fingerprint density at radius 3 is 2.70 bits per heavy atom. The van der Waals surface area contributed by atoms with Crippen LogP contribution in [0.1, 0.15) is 16.6 Å². The van der Waals surface area contributed by atoms with Crippen molar-refractivity contribution in [2.24, 2.45) is 0 Å². The summed E-state index contributed by atoms with van der Waals surface area (Å²) in [5, 5.41) is 2.59. The number of pyridine rings is 1. The monoisotopic (exact) mass is 452 g/mol. The predicted octanol–water partition coefficient (Wildman–Crippen LogP) is 3.80. The molecule has 1 amide bonds. The third-order valence-corrected chi connectivity index (χ3v) is 5.35. The lowest BCUT2D eigenvalue weighted by atomic mass is 10.1. The number of amides is 1. The molecule has 168 valence electrons. The average Bonchev–Trinajstić information content (AvgIpc) is 3.53. The number of hydrogen-bond acceptors (Lipinski definition) is 5. The van der Waals surface area contributed by atoms with Gasteiger partial charge >= 0.3 is 0 Å². The van der Waals surface area contributed by atoms with Gasteiger partial charge in [-0.25, -0.2) is 13.8 Å². The average molecular weight is 452 g/mol. The molecule has 4 heterocycles. The van der Waals surface area contributed by atoms with E-state index < -0.39 is 23.9 Å². The Labute approximate surface area is 185 Å². The minimum atomic E-state index is -1.24. The minimum Gasteiger partial charge on any atom is -0.449 e. The summed E-state index contributed by atoms with van der Waals surface area (Å²) in [5.74, 6) is -0.692. The Kier molecular flexibility index (Phi) is 5.35. The van der Waals surface area contributed by atoms with Crippen LogP contribution < -0.4 is 10.9 Å². The third kappa shape index (κ3) is 4.08. The Balaban J connectivity index is 1.53. The molecule has 8 nitrogen and oxygen atoms in total. The molecule has 4 aromatic rings. The Morgan fingerprint density at radius 1 is 1.15 bits per heavy atom. The van der Waals surface area contributed by atoms with Gasteiger partial charge in [0.25, 0.3) is 5.91 Å². The highest BCUT2D eigenvalue weighted by Crippen LogP contribution is 2.37. The Bertz CT molecular complexity index is 1360. The van der Waals surface area contributed by atoms with E-state index in [1.54, 1.807) is 22.8 Å². The first kappa shape index (κ1) is 20.8. The Morgan fingerprint density at radius 2 is 1.97 bits per heavy atom. The number of aromatic nitrogens is 3. The van der Waals surface area contributed by atoms with Gasteiger partial charge in [-0.1, -0.05) is 0 Å². The largest absolute Gasteiger partial charge is 0.449 e. The summed E-state index contributed by atoms with van der Waals surface area (Å²) in [5.41, 5.74) is 1.44. The zero-order valence-corrected chi connectivity index (χ0v) is 17.1. The number of nitrogens with one attached hydrogen (secondary N) is 2. The maximum absolute atomic E-state index is 14.5. The fourth-order valence-electron chi connectivity index (χ4n) is 3.75. The summed E-state index contributed by atoms with van der Waals surface area (Å²) in [4.78, 5) is 31.0. The van der Waals surface area contributed by atoms with Gasteiger partial charge in [-0.3, -0.25) is 9.59 Å². The minimum absolute atomic E-state index is 0.0115. The van der Waals surface area contributed by atoms with Gasteiger partial charge < -0.3 is 24.0 Å². The van der Waals surface area contributed by atoms with Crippen LogP contribution in [0, 0.1) is 5.82 Å². The molecule has 1 aliphatic heterocycles. The molecule has 1 unspecified atom stereocenters. The molecule has 0 radical (unpaired) electrons. The van der Waals surface area contributed by atoms with Crippen molar-refractivity contribution in [2.45, 2.75) is 12.2 Å². The molecule has 0 spiro atoms. The molecule has 0 aliphatic carbocycles. The number of imidazole rings is 1. The maximum Gasteiger partial charge on any atom is 0.291 e. The second kappa shape index (κ2) is 8.47. The molecule has 1 fully saturated rings. The highest BCUT2D eigenvalue weighted by Gasteiger charge is 2.33. The molecule has 2 atom stereocenters. The SMILES string of the molecule is O=C(Nc1cc[nH]c(=O)c1)c1ccc(-c2c(-c3ccc(F)cc3)ncn2C2COC[C@@H]2F)o1. The molecular formula is C23H18F2N4O4. The van der Waals surface area contributed by atoms with Gasteiger partial charge in [0.15, 0.2) is 11.5 Å². The summed E-state index contributed by atoms with van der Waals surface area (Å²) >= 11 is 0. The van der Waals surface area contributed by atoms with Crippen LogP contribution in [-0.2, 0) is 4.74 Å². The number of furan rings is 1. The highest BCUT2D eigenvalue weighted by atomic mass is 19.1. The van der Waals surface area contributed by atoms with Crippen molar-refractivity contribution in [2.75, 3.05) is 18.5 Å². The molecule has 33 heavy (non-hydrogen) atoms. The second-order valence-electron chi connectivity index (χ2n) is 7.54. The maximum atomic E-state index is 14.5. The number of alkyl halides is 1. The predicted molar refractivity (Wildman–Crippen MR) is 115 cm³/mol. The molecule has 1 aliphatic rings. The fourth-order valence-corrected chi connectivity index (χ4v) is 3.75. The van der Waals surface area contributed by atoms with E-state index >= 15 is 0 Å². The number of carbonyl (C=O) groups is 1. The lowest BCUT2D eigenvalue weighted by Gasteiger charge is -2.16. The van der Waals surface area contributed by atoms with E-state index in [-0.39, 0.29) is 30.3 Å². The Hall–Kier alpha value is -4.05. The van der Waals surface area contributed by atoms with Crippen LogP contribution in [0.4, 0.5) is 14.5 Å². The zero-order valence-electron chi connectivity index (χ0n) is 17.1. The van der Waals surface area contributed by atoms with Crippen LogP contribution in [0.2, 0.25) is 0 Å². The van der Waals surface area contributed by atoms with Crippen molar-refractivity contribution >= 4 is 11.6 Å². The summed E-state index contributed by atoms with van der Waals surface area (Å²) in [6.45, 7) is 0.125. The fraction of sp³-hybridized carbons (Fsp3) is 0.174. The first-order valence-corrected chi connectivity index (χ1v) is 10.1. The molecule has 0 saturated carbocycles. The highest BCUT2D eigenvalue weighted by molar-refractivity contribution is 6.02. The number of carbonyl (C=O) groups excluding carboxylic acids is 1. The lowest BCUT2D eigenvalue weighted by molar-refractivity contribution is 0.0997. The van der Waals surface area contributed by atoms with Crippen molar-refractivity contribution in [3.05, 3.63) is 83.0 Å². The van der Waals surface area contributed by atoms with Gasteiger partial charge in [-0.05, 0) is 42.5 Å². The number of anilines is 1. The van der Waals surface area contributed by atoms with Crippen molar-refractivity contribution in [3.63, 3.8) is 0 Å². The van der Waals surface area contributed by atoms with Crippen LogP contribution in [0.5, 0.6) is 0 Å². The van der Waals surface area contributed by atoms with Crippen molar-refractivity contribution in [1.29, 1.82) is 0 Å². The summed E-state index contributed by atoms with van der Waals surface area (Å²) in [7, 11) is 0. The smallest absolute Gasteiger partial charge is 0.291 e. The van der Waals surface area contributed by atoms with E-state index in [9.17, 15) is 18.4 Å². The summed E-state index contributed by atoms with van der Waals surface area (Å²) in [6.07, 6.45) is 1.65.